The summed E-state index contributed by atoms with van der Waals surface area (Å²) in [5.74, 6) is 1.11. The second-order valence-electron chi connectivity index (χ2n) is 8.43. The van der Waals surface area contributed by atoms with E-state index in [1.807, 2.05) is 30.0 Å². The summed E-state index contributed by atoms with van der Waals surface area (Å²) in [6.45, 7) is 7.77. The number of hydrogen-bond donors (Lipinski definition) is 1. The quantitative estimate of drug-likeness (QED) is 0.711. The van der Waals surface area contributed by atoms with Crippen molar-refractivity contribution in [2.45, 2.75) is 58.1 Å². The molecule has 1 amide bonds. The van der Waals surface area contributed by atoms with Crippen molar-refractivity contribution >= 4 is 5.91 Å². The lowest BCUT2D eigenvalue weighted by Crippen LogP contribution is -2.45. The molecule has 4 rings (SSSR count). The predicted molar refractivity (Wildman–Crippen MR) is 110 cm³/mol. The number of carbonyl (C=O) groups is 1. The molecule has 3 aromatic rings. The number of rotatable bonds is 4. The highest BCUT2D eigenvalue weighted by Crippen LogP contribution is 2.34. The molecule has 8 nitrogen and oxygen atoms in total. The van der Waals surface area contributed by atoms with Crippen LogP contribution >= 0.6 is 0 Å². The minimum atomic E-state index is -1.07. The number of para-hydroxylation sites is 1. The van der Waals surface area contributed by atoms with E-state index in [1.54, 1.807) is 32.3 Å². The van der Waals surface area contributed by atoms with Gasteiger partial charge in [0, 0.05) is 12.6 Å². The molecule has 1 aromatic carbocycles. The maximum absolute atomic E-state index is 13.5. The van der Waals surface area contributed by atoms with Crippen molar-refractivity contribution in [2.75, 3.05) is 6.54 Å². The third-order valence-electron chi connectivity index (χ3n) is 5.65. The summed E-state index contributed by atoms with van der Waals surface area (Å²) in [4.78, 5) is 21.4. The molecule has 8 heteroatoms. The highest BCUT2D eigenvalue weighted by Gasteiger charge is 2.35. The zero-order valence-corrected chi connectivity index (χ0v) is 17.7. The Morgan fingerprint density at radius 1 is 1.20 bits per heavy atom. The largest absolute Gasteiger partial charge is 0.445 e. The highest BCUT2D eigenvalue weighted by atomic mass is 16.4. The van der Waals surface area contributed by atoms with Crippen LogP contribution in [-0.2, 0) is 5.60 Å². The number of oxazole rings is 1. The monoisotopic (exact) mass is 409 g/mol. The van der Waals surface area contributed by atoms with E-state index in [-0.39, 0.29) is 17.9 Å². The van der Waals surface area contributed by atoms with Crippen LogP contribution in [0.25, 0.3) is 5.69 Å². The number of likely N-dealkylation sites (tertiary alicyclic amines) is 1. The molecule has 0 spiro atoms. The molecule has 0 saturated carbocycles. The molecule has 1 aliphatic heterocycles. The lowest BCUT2D eigenvalue weighted by Gasteiger charge is -2.37. The third-order valence-corrected chi connectivity index (χ3v) is 5.65. The van der Waals surface area contributed by atoms with Gasteiger partial charge in [0.15, 0.2) is 5.89 Å². The number of carbonyl (C=O) groups excluding carboxylic acids is 1. The van der Waals surface area contributed by atoms with Gasteiger partial charge in [-0.05, 0) is 52.7 Å². The first-order valence-electron chi connectivity index (χ1n) is 10.2. The summed E-state index contributed by atoms with van der Waals surface area (Å²) >= 11 is 0. The van der Waals surface area contributed by atoms with Crippen LogP contribution < -0.4 is 0 Å². The number of amides is 1. The number of hydrogen-bond acceptors (Lipinski definition) is 6. The molecule has 158 valence electrons. The van der Waals surface area contributed by atoms with Gasteiger partial charge < -0.3 is 14.4 Å². The number of piperidine rings is 1. The maximum Gasteiger partial charge on any atom is 0.256 e. The fourth-order valence-electron chi connectivity index (χ4n) is 4.07. The van der Waals surface area contributed by atoms with Gasteiger partial charge in [-0.25, -0.2) is 4.98 Å². The van der Waals surface area contributed by atoms with Crippen molar-refractivity contribution < 1.29 is 14.3 Å². The van der Waals surface area contributed by atoms with Gasteiger partial charge >= 0.3 is 0 Å². The average Bonchev–Trinajstić information content (AvgIpc) is 3.37. The molecule has 3 heterocycles. The average molecular weight is 409 g/mol. The molecule has 1 aliphatic rings. The molecule has 2 aromatic heterocycles. The van der Waals surface area contributed by atoms with Crippen molar-refractivity contribution in [1.82, 2.24) is 24.9 Å². The van der Waals surface area contributed by atoms with Gasteiger partial charge in [0.05, 0.1) is 29.6 Å². The lowest BCUT2D eigenvalue weighted by atomic mass is 9.92. The fraction of sp³-hybridized carbons (Fsp3) is 0.455. The van der Waals surface area contributed by atoms with Crippen LogP contribution in [0, 0.1) is 6.92 Å². The number of benzene rings is 1. The molecular formula is C22H27N5O3. The minimum absolute atomic E-state index is 0.0186. The second kappa shape index (κ2) is 7.68. The van der Waals surface area contributed by atoms with Crippen molar-refractivity contribution in [3.8, 4) is 5.69 Å². The van der Waals surface area contributed by atoms with Gasteiger partial charge in [-0.3, -0.25) is 4.79 Å². The van der Waals surface area contributed by atoms with E-state index >= 15 is 0 Å². The lowest BCUT2D eigenvalue weighted by molar-refractivity contribution is 0.0594. The Balaban J connectivity index is 1.62. The van der Waals surface area contributed by atoms with E-state index in [0.717, 1.165) is 12.8 Å². The van der Waals surface area contributed by atoms with Crippen LogP contribution in [0.3, 0.4) is 0 Å². The van der Waals surface area contributed by atoms with Crippen molar-refractivity contribution in [3.63, 3.8) is 0 Å². The van der Waals surface area contributed by atoms with Crippen molar-refractivity contribution in [1.29, 1.82) is 0 Å². The second-order valence-corrected chi connectivity index (χ2v) is 8.43. The van der Waals surface area contributed by atoms with E-state index in [2.05, 4.69) is 22.1 Å². The van der Waals surface area contributed by atoms with Gasteiger partial charge in [0.2, 0.25) is 0 Å². The first-order valence-corrected chi connectivity index (χ1v) is 10.2. The maximum atomic E-state index is 13.5. The number of aromatic nitrogens is 4. The van der Waals surface area contributed by atoms with Crippen LogP contribution in [-0.4, -0.2) is 48.5 Å². The van der Waals surface area contributed by atoms with Crippen molar-refractivity contribution in [2.24, 2.45) is 0 Å². The van der Waals surface area contributed by atoms with Gasteiger partial charge in [0.1, 0.15) is 17.1 Å². The first-order chi connectivity index (χ1) is 14.3. The number of nitrogens with zero attached hydrogens (tertiary/aromatic N) is 5. The normalized spacial score (nSPS) is 19.8. The molecule has 1 saturated heterocycles. The zero-order chi connectivity index (χ0) is 21.5. The molecule has 1 fully saturated rings. The standard InChI is InChI=1S/C22H27N5O3/c1-14-9-10-16(20-25-19(15(2)30-20)22(3,4)29)13-26(14)21(28)17-7-5-6-8-18(17)27-23-11-12-24-27/h5-8,11-12,14,16,29H,9-10,13H2,1-4H3/t14-,16-/m1/s1. The smallest absolute Gasteiger partial charge is 0.256 e. The molecule has 2 atom stereocenters. The van der Waals surface area contributed by atoms with Crippen LogP contribution in [0.1, 0.15) is 67.2 Å². The van der Waals surface area contributed by atoms with E-state index in [9.17, 15) is 9.90 Å². The summed E-state index contributed by atoms with van der Waals surface area (Å²) in [5, 5.41) is 18.7. The predicted octanol–water partition coefficient (Wildman–Crippen LogP) is 3.20. The summed E-state index contributed by atoms with van der Waals surface area (Å²) in [7, 11) is 0. The Hall–Kier alpha value is -3.00. The topological polar surface area (TPSA) is 97.3 Å². The van der Waals surface area contributed by atoms with E-state index < -0.39 is 5.60 Å². The minimum Gasteiger partial charge on any atom is -0.445 e. The van der Waals surface area contributed by atoms with Gasteiger partial charge in [-0.2, -0.15) is 15.0 Å². The molecule has 1 N–H and O–H groups in total. The Labute approximate surface area is 175 Å². The van der Waals surface area contributed by atoms with E-state index in [1.165, 1.54) is 4.80 Å². The molecule has 0 aliphatic carbocycles. The Morgan fingerprint density at radius 2 is 1.90 bits per heavy atom. The molecule has 30 heavy (non-hydrogen) atoms. The van der Waals surface area contributed by atoms with Crippen LogP contribution in [0.4, 0.5) is 0 Å². The summed E-state index contributed by atoms with van der Waals surface area (Å²) in [6.07, 6.45) is 4.90. The van der Waals surface area contributed by atoms with Crippen LogP contribution in [0.5, 0.6) is 0 Å². The molecule has 0 radical (unpaired) electrons. The summed E-state index contributed by atoms with van der Waals surface area (Å²) in [6, 6.07) is 7.45. The number of aryl methyl sites for hydroxylation is 1. The van der Waals surface area contributed by atoms with E-state index in [4.69, 9.17) is 4.42 Å². The van der Waals surface area contributed by atoms with Gasteiger partial charge in [-0.15, -0.1) is 0 Å². The van der Waals surface area contributed by atoms with Crippen LogP contribution in [0.15, 0.2) is 41.1 Å². The number of aliphatic hydroxyl groups is 1. The first kappa shape index (κ1) is 20.3. The fourth-order valence-corrected chi connectivity index (χ4v) is 4.07. The SMILES string of the molecule is Cc1oc([C@@H]2CC[C@@H](C)N(C(=O)c3ccccc3-n3nccn3)C2)nc1C(C)(C)O. The summed E-state index contributed by atoms with van der Waals surface area (Å²) < 4.78 is 5.90. The Bertz CT molecular complexity index is 1040. The molecule has 0 bridgehead atoms. The Kier molecular flexibility index (Phi) is 5.19. The highest BCUT2D eigenvalue weighted by molar-refractivity contribution is 5.98. The van der Waals surface area contributed by atoms with Crippen LogP contribution in [0.2, 0.25) is 0 Å². The van der Waals surface area contributed by atoms with Gasteiger partial charge in [0.25, 0.3) is 5.91 Å². The molecule has 0 unspecified atom stereocenters. The zero-order valence-electron chi connectivity index (χ0n) is 17.7. The summed E-state index contributed by atoms with van der Waals surface area (Å²) in [5.41, 5.74) is 0.683. The molecular weight excluding hydrogens is 382 g/mol. The Morgan fingerprint density at radius 3 is 2.57 bits per heavy atom. The van der Waals surface area contributed by atoms with Crippen molar-refractivity contribution in [3.05, 3.63) is 59.6 Å². The third kappa shape index (κ3) is 3.75. The van der Waals surface area contributed by atoms with E-state index in [0.29, 0.717) is 35.1 Å². The van der Waals surface area contributed by atoms with Gasteiger partial charge in [-0.1, -0.05) is 12.1 Å².